The molecule has 0 amide bonds. The van der Waals surface area contributed by atoms with Gasteiger partial charge in [0, 0.05) is 24.2 Å². The van der Waals surface area contributed by atoms with Crippen LogP contribution in [0.2, 0.25) is 0 Å². The lowest BCUT2D eigenvalue weighted by Gasteiger charge is -2.39. The molecule has 0 saturated carbocycles. The van der Waals surface area contributed by atoms with Crippen LogP contribution < -0.4 is 4.90 Å². The van der Waals surface area contributed by atoms with Gasteiger partial charge in [0.2, 0.25) is 0 Å². The number of benzene rings is 1. The van der Waals surface area contributed by atoms with Crippen LogP contribution in [0.5, 0.6) is 0 Å². The van der Waals surface area contributed by atoms with E-state index in [-0.39, 0.29) is 29.5 Å². The lowest BCUT2D eigenvalue weighted by atomic mass is 9.92. The minimum Gasteiger partial charge on any atom is -0.388 e. The highest BCUT2D eigenvalue weighted by Crippen LogP contribution is 2.44. The summed E-state index contributed by atoms with van der Waals surface area (Å²) in [7, 11) is 0. The summed E-state index contributed by atoms with van der Waals surface area (Å²) in [6, 6.07) is 8.28. The Morgan fingerprint density at radius 2 is 1.62 bits per heavy atom. The number of aliphatic hydroxyl groups is 1. The normalized spacial score (nSPS) is 30.2. The van der Waals surface area contributed by atoms with E-state index < -0.39 is 6.10 Å². The number of ether oxygens (including phenoxy) is 2. The fourth-order valence-corrected chi connectivity index (χ4v) is 3.90. The lowest BCUT2D eigenvalue weighted by Crippen LogP contribution is -2.46. The molecule has 1 fully saturated rings. The van der Waals surface area contributed by atoms with Crippen LogP contribution in [0.15, 0.2) is 24.3 Å². The first-order chi connectivity index (χ1) is 11.1. The highest BCUT2D eigenvalue weighted by Gasteiger charge is 2.49. The van der Waals surface area contributed by atoms with Crippen molar-refractivity contribution in [1.82, 2.24) is 0 Å². The van der Waals surface area contributed by atoms with E-state index in [4.69, 9.17) is 9.47 Å². The molecule has 4 nitrogen and oxygen atoms in total. The van der Waals surface area contributed by atoms with Crippen molar-refractivity contribution in [2.75, 3.05) is 11.4 Å². The molecule has 0 spiro atoms. The first-order valence-corrected chi connectivity index (χ1v) is 8.94. The van der Waals surface area contributed by atoms with Crippen LogP contribution in [0.1, 0.15) is 59.6 Å². The van der Waals surface area contributed by atoms with E-state index in [1.165, 1.54) is 0 Å². The molecule has 1 aromatic rings. The molecule has 2 aliphatic rings. The van der Waals surface area contributed by atoms with E-state index in [9.17, 15) is 5.11 Å². The Morgan fingerprint density at radius 3 is 2.25 bits per heavy atom. The van der Waals surface area contributed by atoms with Crippen LogP contribution in [-0.2, 0) is 9.47 Å². The molecule has 0 aromatic heterocycles. The average Bonchev–Trinajstić information content (AvgIpc) is 2.74. The molecule has 0 bridgehead atoms. The first kappa shape index (κ1) is 17.7. The summed E-state index contributed by atoms with van der Waals surface area (Å²) in [5.41, 5.74) is 1.65. The monoisotopic (exact) mass is 333 g/mol. The minimum atomic E-state index is -0.443. The molecule has 4 atom stereocenters. The Kier molecular flexibility index (Phi) is 4.44. The number of nitrogens with zero attached hydrogens (tertiary/aromatic N) is 1. The zero-order valence-corrected chi connectivity index (χ0v) is 15.7. The molecule has 4 heteroatoms. The van der Waals surface area contributed by atoms with Gasteiger partial charge in [-0.05, 0) is 47.6 Å². The van der Waals surface area contributed by atoms with Gasteiger partial charge < -0.3 is 19.5 Å². The molecule has 134 valence electrons. The smallest absolute Gasteiger partial charge is 0.106 e. The van der Waals surface area contributed by atoms with Crippen LogP contribution in [0.4, 0.5) is 5.69 Å². The fourth-order valence-electron chi connectivity index (χ4n) is 3.90. The summed E-state index contributed by atoms with van der Waals surface area (Å²) in [5, 5.41) is 10.6. The zero-order valence-electron chi connectivity index (χ0n) is 15.7. The van der Waals surface area contributed by atoms with Crippen LogP contribution in [0.25, 0.3) is 0 Å². The lowest BCUT2D eigenvalue weighted by molar-refractivity contribution is -0.152. The first-order valence-electron chi connectivity index (χ1n) is 8.94. The second-order valence-corrected chi connectivity index (χ2v) is 8.99. The molecule has 24 heavy (non-hydrogen) atoms. The number of anilines is 1. The van der Waals surface area contributed by atoms with Crippen molar-refractivity contribution < 1.29 is 14.6 Å². The molecule has 1 aromatic carbocycles. The minimum absolute atomic E-state index is 0.00687. The van der Waals surface area contributed by atoms with E-state index >= 15 is 0 Å². The van der Waals surface area contributed by atoms with Crippen LogP contribution >= 0.6 is 0 Å². The molecule has 1 N–H and O–H groups in total. The maximum absolute atomic E-state index is 10.6. The van der Waals surface area contributed by atoms with E-state index in [0.717, 1.165) is 17.8 Å². The van der Waals surface area contributed by atoms with Gasteiger partial charge in [-0.25, -0.2) is 0 Å². The summed E-state index contributed by atoms with van der Waals surface area (Å²) in [6.45, 7) is 13.3. The number of para-hydroxylation sites is 1. The molecular formula is C20H31NO3. The summed E-state index contributed by atoms with van der Waals surface area (Å²) < 4.78 is 12.8. The number of aliphatic hydroxyl groups excluding tert-OH is 1. The predicted molar refractivity (Wildman–Crippen MR) is 96.4 cm³/mol. The van der Waals surface area contributed by atoms with Gasteiger partial charge in [-0.15, -0.1) is 0 Å². The third kappa shape index (κ3) is 3.61. The van der Waals surface area contributed by atoms with Gasteiger partial charge in [-0.1, -0.05) is 18.2 Å². The van der Waals surface area contributed by atoms with Crippen molar-refractivity contribution in [3.05, 3.63) is 29.8 Å². The Morgan fingerprint density at radius 1 is 1.00 bits per heavy atom. The summed E-state index contributed by atoms with van der Waals surface area (Å²) in [4.78, 5) is 2.37. The molecule has 2 aliphatic heterocycles. The van der Waals surface area contributed by atoms with Gasteiger partial charge in [0.1, 0.15) is 12.2 Å². The van der Waals surface area contributed by atoms with Crippen LogP contribution in [0.3, 0.4) is 0 Å². The molecule has 0 radical (unpaired) electrons. The van der Waals surface area contributed by atoms with Gasteiger partial charge in [0.15, 0.2) is 0 Å². The van der Waals surface area contributed by atoms with Crippen molar-refractivity contribution in [2.24, 2.45) is 0 Å². The molecule has 0 unspecified atom stereocenters. The average molecular weight is 333 g/mol. The quantitative estimate of drug-likeness (QED) is 0.896. The third-order valence-electron chi connectivity index (χ3n) is 4.59. The standard InChI is InChI=1S/C20H31NO3/c1-19(2,3)23-17-12-21-14-10-8-7-9-13(14)16(22)11-15(21)18(17)24-20(4,5)6/h7-10,15-18,22H,11-12H2,1-6H3/t15-,16-,17-,18-/m0/s1. The van der Waals surface area contributed by atoms with Crippen molar-refractivity contribution in [3.63, 3.8) is 0 Å². The van der Waals surface area contributed by atoms with Crippen LogP contribution in [0, 0.1) is 0 Å². The highest BCUT2D eigenvalue weighted by atomic mass is 16.6. The molecule has 2 heterocycles. The molecule has 3 rings (SSSR count). The topological polar surface area (TPSA) is 41.9 Å². The van der Waals surface area contributed by atoms with Gasteiger partial charge in [0.25, 0.3) is 0 Å². The summed E-state index contributed by atoms with van der Waals surface area (Å²) in [5.74, 6) is 0. The van der Waals surface area contributed by atoms with E-state index in [0.29, 0.717) is 6.42 Å². The van der Waals surface area contributed by atoms with Gasteiger partial charge in [-0.3, -0.25) is 0 Å². The number of hydrogen-bond donors (Lipinski definition) is 1. The number of hydrogen-bond acceptors (Lipinski definition) is 4. The van der Waals surface area contributed by atoms with E-state index in [1.807, 2.05) is 18.2 Å². The number of fused-ring (bicyclic) bond motifs is 3. The largest absolute Gasteiger partial charge is 0.388 e. The summed E-state index contributed by atoms with van der Waals surface area (Å²) >= 11 is 0. The Balaban J connectivity index is 1.94. The third-order valence-corrected chi connectivity index (χ3v) is 4.59. The SMILES string of the molecule is CC(C)(C)O[C@@H]1[C@@H](OC(C)(C)C)CN2c3ccccc3[C@@H](O)C[C@@H]12. The summed E-state index contributed by atoms with van der Waals surface area (Å²) in [6.07, 6.45) is 0.184. The van der Waals surface area contributed by atoms with E-state index in [2.05, 4.69) is 52.5 Å². The second kappa shape index (κ2) is 6.01. The second-order valence-electron chi connectivity index (χ2n) is 8.99. The van der Waals surface area contributed by atoms with Crippen LogP contribution in [-0.4, -0.2) is 41.1 Å². The Labute approximate surface area is 145 Å². The molecular weight excluding hydrogens is 302 g/mol. The molecule has 1 saturated heterocycles. The van der Waals surface area contributed by atoms with Gasteiger partial charge in [-0.2, -0.15) is 0 Å². The predicted octanol–water partition coefficient (Wildman–Crippen LogP) is 3.68. The van der Waals surface area contributed by atoms with Crippen molar-refractivity contribution >= 4 is 5.69 Å². The zero-order chi connectivity index (χ0) is 17.7. The Bertz CT molecular complexity index is 587. The van der Waals surface area contributed by atoms with Crippen molar-refractivity contribution in [3.8, 4) is 0 Å². The maximum Gasteiger partial charge on any atom is 0.106 e. The number of rotatable bonds is 2. The Hall–Kier alpha value is -1.10. The molecule has 0 aliphatic carbocycles. The fraction of sp³-hybridized carbons (Fsp3) is 0.700. The highest BCUT2D eigenvalue weighted by molar-refractivity contribution is 5.59. The van der Waals surface area contributed by atoms with Crippen molar-refractivity contribution in [1.29, 1.82) is 0 Å². The van der Waals surface area contributed by atoms with Crippen molar-refractivity contribution in [2.45, 2.75) is 83.5 Å². The van der Waals surface area contributed by atoms with Gasteiger partial charge in [0.05, 0.1) is 23.3 Å². The van der Waals surface area contributed by atoms with E-state index in [1.54, 1.807) is 0 Å². The van der Waals surface area contributed by atoms with Gasteiger partial charge >= 0.3 is 0 Å². The maximum atomic E-state index is 10.6.